The van der Waals surface area contributed by atoms with E-state index in [0.717, 1.165) is 21.8 Å². The molecule has 58 heavy (non-hydrogen) atoms. The molecule has 2 aromatic heterocycles. The summed E-state index contributed by atoms with van der Waals surface area (Å²) in [5, 5.41) is 14.9. The van der Waals surface area contributed by atoms with Gasteiger partial charge in [-0.15, -0.1) is 35.1 Å². The van der Waals surface area contributed by atoms with E-state index in [0.29, 0.717) is 33.7 Å². The number of sulfone groups is 2. The highest BCUT2D eigenvalue weighted by Crippen LogP contribution is 2.45. The Hall–Kier alpha value is -4.44. The van der Waals surface area contributed by atoms with Crippen molar-refractivity contribution in [3.63, 3.8) is 0 Å². The number of carboxylic acid groups (broad SMARTS) is 1. The molecule has 0 saturated heterocycles. The quantitative estimate of drug-likeness (QED) is 0.118. The van der Waals surface area contributed by atoms with Gasteiger partial charge in [-0.05, 0) is 73.8 Å². The summed E-state index contributed by atoms with van der Waals surface area (Å²) in [5.41, 5.74) is 2.32. The van der Waals surface area contributed by atoms with Crippen molar-refractivity contribution in [3.8, 4) is 22.3 Å². The second-order valence-electron chi connectivity index (χ2n) is 14.3. The summed E-state index contributed by atoms with van der Waals surface area (Å²) >= 11 is 2.27. The van der Waals surface area contributed by atoms with Crippen LogP contribution >= 0.6 is 35.1 Å². The number of amides is 1. The third kappa shape index (κ3) is 10.0. The van der Waals surface area contributed by atoms with Crippen molar-refractivity contribution in [1.29, 1.82) is 0 Å². The lowest BCUT2D eigenvalue weighted by molar-refractivity contribution is 0.174. The predicted molar refractivity (Wildman–Crippen MR) is 231 cm³/mol. The van der Waals surface area contributed by atoms with Crippen LogP contribution in [0.2, 0.25) is 0 Å². The lowest BCUT2D eigenvalue weighted by Gasteiger charge is -2.30. The summed E-state index contributed by atoms with van der Waals surface area (Å²) in [6.45, 7) is 9.87. The van der Waals surface area contributed by atoms with Crippen LogP contribution in [0.15, 0.2) is 127 Å². The van der Waals surface area contributed by atoms with Crippen LogP contribution in [0.1, 0.15) is 41.7 Å². The van der Waals surface area contributed by atoms with Gasteiger partial charge >= 0.3 is 6.09 Å². The number of hydrogen-bond donors (Lipinski definition) is 3. The third-order valence-electron chi connectivity index (χ3n) is 9.38. The van der Waals surface area contributed by atoms with Crippen molar-refractivity contribution < 1.29 is 35.5 Å². The molecule has 6 rings (SSSR count). The van der Waals surface area contributed by atoms with Crippen molar-refractivity contribution in [2.45, 2.75) is 71.8 Å². The van der Waals surface area contributed by atoms with E-state index in [1.165, 1.54) is 35.6 Å². The molecule has 0 spiro atoms. The van der Waals surface area contributed by atoms with Crippen molar-refractivity contribution in [3.05, 3.63) is 142 Å². The van der Waals surface area contributed by atoms with Crippen LogP contribution in [0.3, 0.4) is 0 Å². The Morgan fingerprint density at radius 1 is 0.672 bits per heavy atom. The molecule has 4 aromatic carbocycles. The number of benzene rings is 4. The zero-order chi connectivity index (χ0) is 41.7. The Morgan fingerprint density at radius 2 is 1.05 bits per heavy atom. The van der Waals surface area contributed by atoms with Gasteiger partial charge in [-0.1, -0.05) is 93.6 Å². The van der Waals surface area contributed by atoms with E-state index < -0.39 is 48.9 Å². The van der Waals surface area contributed by atoms with Gasteiger partial charge in [0.15, 0.2) is 0 Å². The standard InChI is InChI=1S/C24H26FNO4S2.C19H18FNO2S2.ClH/c1-15-19(14-20(24(2,3)4)26-23(27)28)31-22(21(15)17-12-8-9-13-18(17)25)32(29,30)16-10-6-5-7-11-16;1-13-17(12-21-2)24-19(18(13)15-10-6-7-11-16(15)20)25(22,23)14-8-4-3-5-9-14;/h5-13,20,26H,14H2,1-4H3,(H,27,28);3-11,21H,12H2,1-2H3;1H. The normalized spacial score (nSPS) is 12.2. The summed E-state index contributed by atoms with van der Waals surface area (Å²) in [4.78, 5) is 13.3. The van der Waals surface area contributed by atoms with Gasteiger partial charge in [-0.25, -0.2) is 30.4 Å². The molecule has 0 fully saturated rings. The first-order chi connectivity index (χ1) is 26.9. The molecule has 0 bridgehead atoms. The number of carbonyl (C=O) groups is 1. The number of thiophene rings is 2. The second-order valence-corrected chi connectivity index (χ2v) is 20.8. The summed E-state index contributed by atoms with van der Waals surface area (Å²) in [7, 11) is -5.85. The van der Waals surface area contributed by atoms with Crippen LogP contribution in [0.4, 0.5) is 13.6 Å². The average molecular weight is 888 g/mol. The van der Waals surface area contributed by atoms with Gasteiger partial charge in [0.25, 0.3) is 0 Å². The lowest BCUT2D eigenvalue weighted by atomic mass is 9.84. The largest absolute Gasteiger partial charge is 0.465 e. The van der Waals surface area contributed by atoms with Crippen molar-refractivity contribution in [1.82, 2.24) is 10.6 Å². The van der Waals surface area contributed by atoms with Crippen molar-refractivity contribution in [2.24, 2.45) is 5.41 Å². The lowest BCUT2D eigenvalue weighted by Crippen LogP contribution is -2.44. The Bertz CT molecular complexity index is 2590. The minimum atomic E-state index is -3.92. The van der Waals surface area contributed by atoms with E-state index in [4.69, 9.17) is 0 Å². The Balaban J connectivity index is 0.000000259. The highest BCUT2D eigenvalue weighted by atomic mass is 35.5. The van der Waals surface area contributed by atoms with E-state index in [1.807, 2.05) is 27.7 Å². The van der Waals surface area contributed by atoms with E-state index in [2.05, 4.69) is 10.6 Å². The second kappa shape index (κ2) is 19.1. The average Bonchev–Trinajstić information content (AvgIpc) is 3.68. The van der Waals surface area contributed by atoms with E-state index in [1.54, 1.807) is 98.9 Å². The molecule has 1 amide bonds. The molecule has 15 heteroatoms. The molecule has 0 saturated carbocycles. The molecular formula is C43H45ClF2N2O6S4. The monoisotopic (exact) mass is 886 g/mol. The maximum absolute atomic E-state index is 14.8. The topological polar surface area (TPSA) is 130 Å². The summed E-state index contributed by atoms with van der Waals surface area (Å²) in [6, 6.07) is 28.2. The van der Waals surface area contributed by atoms with Crippen molar-refractivity contribution >= 4 is 60.8 Å². The highest BCUT2D eigenvalue weighted by Gasteiger charge is 2.33. The third-order valence-corrected chi connectivity index (χ3v) is 16.6. The van der Waals surface area contributed by atoms with Crippen LogP contribution in [0.25, 0.3) is 22.3 Å². The fourth-order valence-corrected chi connectivity index (χ4v) is 13.0. The Kier molecular flexibility index (Phi) is 15.2. The molecular weight excluding hydrogens is 842 g/mol. The smallest absolute Gasteiger partial charge is 0.404 e. The zero-order valence-corrected chi connectivity index (χ0v) is 36.8. The minimum absolute atomic E-state index is 0. The van der Waals surface area contributed by atoms with Gasteiger partial charge in [-0.3, -0.25) is 0 Å². The first-order valence-corrected chi connectivity index (χ1v) is 22.5. The molecule has 2 heterocycles. The molecule has 1 atom stereocenters. The van der Waals surface area contributed by atoms with Crippen LogP contribution in [0, 0.1) is 30.9 Å². The van der Waals surface area contributed by atoms with E-state index in [9.17, 15) is 35.5 Å². The predicted octanol–water partition coefficient (Wildman–Crippen LogP) is 10.8. The highest BCUT2D eigenvalue weighted by molar-refractivity contribution is 7.94. The molecule has 0 aliphatic heterocycles. The maximum Gasteiger partial charge on any atom is 0.404 e. The number of rotatable bonds is 11. The molecule has 0 aliphatic rings. The number of halogens is 3. The number of hydrogen-bond acceptors (Lipinski definition) is 8. The molecule has 8 nitrogen and oxygen atoms in total. The zero-order valence-electron chi connectivity index (χ0n) is 32.7. The van der Waals surface area contributed by atoms with Gasteiger partial charge in [-0.2, -0.15) is 0 Å². The van der Waals surface area contributed by atoms with Gasteiger partial charge in [0.2, 0.25) is 19.7 Å². The fourth-order valence-electron chi connectivity index (χ4n) is 6.24. The van der Waals surface area contributed by atoms with Crippen LogP contribution in [0.5, 0.6) is 0 Å². The molecule has 6 aromatic rings. The molecule has 0 aliphatic carbocycles. The maximum atomic E-state index is 14.8. The van der Waals surface area contributed by atoms with Crippen LogP contribution in [-0.4, -0.2) is 41.1 Å². The molecule has 1 unspecified atom stereocenters. The van der Waals surface area contributed by atoms with Crippen molar-refractivity contribution in [2.75, 3.05) is 7.05 Å². The van der Waals surface area contributed by atoms with Crippen LogP contribution in [-0.2, 0) is 32.6 Å². The van der Waals surface area contributed by atoms with Gasteiger partial charge < -0.3 is 15.7 Å². The molecule has 0 radical (unpaired) electrons. The van der Waals surface area contributed by atoms with Gasteiger partial charge in [0.05, 0.1) is 9.79 Å². The summed E-state index contributed by atoms with van der Waals surface area (Å²) in [6.07, 6.45) is -0.858. The first-order valence-electron chi connectivity index (χ1n) is 17.9. The molecule has 3 N–H and O–H groups in total. The SMILES string of the molecule is CNCc1sc(S(=O)(=O)c2ccccc2)c(-c2ccccc2F)c1C.Cc1c(CC(NC(=O)O)C(C)(C)C)sc(S(=O)(=O)c2ccccc2)c1-c1ccccc1F.Cl. The van der Waals surface area contributed by atoms with E-state index in [-0.39, 0.29) is 42.6 Å². The van der Waals surface area contributed by atoms with E-state index >= 15 is 0 Å². The van der Waals surface area contributed by atoms with Gasteiger partial charge in [0.1, 0.15) is 20.1 Å². The van der Waals surface area contributed by atoms with Crippen LogP contribution < -0.4 is 10.6 Å². The Labute approximate surface area is 353 Å². The Morgan fingerprint density at radius 3 is 1.43 bits per heavy atom. The minimum Gasteiger partial charge on any atom is -0.465 e. The fraction of sp³-hybridized carbons (Fsp3) is 0.233. The van der Waals surface area contributed by atoms with Gasteiger partial charge in [0, 0.05) is 51.0 Å². The molecule has 308 valence electrons. The summed E-state index contributed by atoms with van der Waals surface area (Å²) in [5.74, 6) is -0.940. The first kappa shape index (κ1) is 46.3. The number of nitrogens with one attached hydrogen (secondary N) is 2. The summed E-state index contributed by atoms with van der Waals surface area (Å²) < 4.78 is 82.9.